The van der Waals surface area contributed by atoms with Crippen LogP contribution >= 0.6 is 0 Å². The van der Waals surface area contributed by atoms with E-state index >= 15 is 0 Å². The monoisotopic (exact) mass is 365 g/mol. The van der Waals surface area contributed by atoms with Crippen molar-refractivity contribution < 1.29 is 8.42 Å². The van der Waals surface area contributed by atoms with Gasteiger partial charge in [-0.25, -0.2) is 8.42 Å². The number of benzene rings is 2. The molecule has 1 aliphatic heterocycles. The number of hydrogen-bond donors (Lipinski definition) is 0. The minimum Gasteiger partial charge on any atom is -0.207 e. The molecule has 7 heteroatoms. The van der Waals surface area contributed by atoms with E-state index < -0.39 is 10.0 Å². The van der Waals surface area contributed by atoms with Crippen molar-refractivity contribution in [3.63, 3.8) is 0 Å². The predicted octanol–water partition coefficient (Wildman–Crippen LogP) is 1.92. The Morgan fingerprint density at radius 1 is 1.04 bits per heavy atom. The molecule has 1 fully saturated rings. The summed E-state index contributed by atoms with van der Waals surface area (Å²) in [6.45, 7) is 0.636. The third-order valence-corrected chi connectivity index (χ3v) is 6.50. The average molecular weight is 365 g/mol. The van der Waals surface area contributed by atoms with Crippen molar-refractivity contribution in [2.75, 3.05) is 6.54 Å². The zero-order valence-corrected chi connectivity index (χ0v) is 15.2. The maximum Gasteiger partial charge on any atom is 0.243 e. The van der Waals surface area contributed by atoms with Crippen LogP contribution in [0.25, 0.3) is 0 Å². The van der Waals surface area contributed by atoms with Gasteiger partial charge >= 0.3 is 0 Å². The van der Waals surface area contributed by atoms with Gasteiger partial charge in [-0.3, -0.25) is 0 Å². The minimum absolute atomic E-state index is 0.106. The van der Waals surface area contributed by atoms with Crippen LogP contribution in [-0.4, -0.2) is 47.8 Å². The van der Waals surface area contributed by atoms with Crippen LogP contribution in [0.15, 0.2) is 65.6 Å². The number of sulfonamides is 1. The summed E-state index contributed by atoms with van der Waals surface area (Å²) in [6, 6.07) is 19.2. The maximum absolute atomic E-state index is 12.9. The highest BCUT2D eigenvalue weighted by Gasteiger charge is 2.32. The average Bonchev–Trinajstić information content (AvgIpc) is 2.69. The summed E-state index contributed by atoms with van der Waals surface area (Å²) in [5, 5.41) is 0. The van der Waals surface area contributed by atoms with Gasteiger partial charge in [0.15, 0.2) is 0 Å². The molecule has 0 amide bonds. The van der Waals surface area contributed by atoms with E-state index in [1.54, 1.807) is 35.6 Å². The van der Waals surface area contributed by atoms with Crippen LogP contribution in [-0.2, 0) is 16.4 Å². The maximum atomic E-state index is 12.9. The summed E-state index contributed by atoms with van der Waals surface area (Å²) in [4.78, 5) is 0.409. The number of aryl methyl sites for hydroxylation is 1. The molecule has 0 spiro atoms. The van der Waals surface area contributed by atoms with Gasteiger partial charge in [0.2, 0.25) is 10.0 Å². The van der Waals surface area contributed by atoms with Gasteiger partial charge in [0, 0.05) is 12.6 Å². The lowest BCUT2D eigenvalue weighted by atomic mass is 9.40. The fourth-order valence-electron chi connectivity index (χ4n) is 3.28. The molecule has 2 aromatic rings. The summed E-state index contributed by atoms with van der Waals surface area (Å²) in [7, 11) is 3.62. The smallest absolute Gasteiger partial charge is 0.207 e. The molecule has 3 radical (unpaired) electrons. The fraction of sp³-hybridized carbons (Fsp3) is 0.368. The van der Waals surface area contributed by atoms with E-state index in [9.17, 15) is 8.42 Å². The standard InChI is InChI=1S/C19H23NO2S.B3H3/c21-23(22,19-12-5-2-6-13-19)20-16-8-7-11-18(20)15-14-17-9-3-1-4-10-17;1-3-2/h1-6,9-10,12-13,18H,7-8,11,14-16H2;1H3/q;-1. The van der Waals surface area contributed by atoms with Gasteiger partial charge in [0.05, 0.1) is 4.90 Å². The summed E-state index contributed by atoms with van der Waals surface area (Å²) >= 11 is 0. The van der Waals surface area contributed by atoms with E-state index in [1.807, 2.05) is 24.3 Å². The Bertz CT molecular complexity index is 742. The first-order valence-corrected chi connectivity index (χ1v) is 10.1. The van der Waals surface area contributed by atoms with Crippen molar-refractivity contribution in [1.29, 1.82) is 0 Å². The van der Waals surface area contributed by atoms with Gasteiger partial charge in [-0.05, 0) is 51.1 Å². The molecule has 0 N–H and O–H groups in total. The Kier molecular flexibility index (Phi) is 8.53. The molecule has 3 nitrogen and oxygen atoms in total. The quantitative estimate of drug-likeness (QED) is 0.760. The number of rotatable bonds is 5. The van der Waals surface area contributed by atoms with Crippen LogP contribution in [0.4, 0.5) is 0 Å². The van der Waals surface area contributed by atoms with E-state index in [1.165, 1.54) is 5.56 Å². The van der Waals surface area contributed by atoms with Crippen LogP contribution in [0, 0.1) is 0 Å². The van der Waals surface area contributed by atoms with Gasteiger partial charge in [-0.2, -0.15) is 11.4 Å². The fourth-order valence-corrected chi connectivity index (χ4v) is 5.03. The number of nitrogens with zero attached hydrogens (tertiary/aromatic N) is 1. The van der Waals surface area contributed by atoms with Crippen molar-refractivity contribution >= 4 is 32.6 Å². The zero-order chi connectivity index (χ0) is 18.8. The van der Waals surface area contributed by atoms with E-state index in [-0.39, 0.29) is 6.04 Å². The normalized spacial score (nSPS) is 17.8. The van der Waals surface area contributed by atoms with Gasteiger partial charge < -0.3 is 0 Å². The highest BCUT2D eigenvalue weighted by atomic mass is 32.2. The molecule has 1 saturated heterocycles. The highest BCUT2D eigenvalue weighted by Crippen LogP contribution is 2.27. The van der Waals surface area contributed by atoms with E-state index in [0.29, 0.717) is 19.2 Å². The Morgan fingerprint density at radius 3 is 2.23 bits per heavy atom. The van der Waals surface area contributed by atoms with Crippen LogP contribution in [0.1, 0.15) is 31.2 Å². The van der Waals surface area contributed by atoms with Crippen molar-refractivity contribution in [3.8, 4) is 0 Å². The lowest BCUT2D eigenvalue weighted by Crippen LogP contribution is -2.43. The van der Waals surface area contributed by atoms with Gasteiger partial charge in [0.25, 0.3) is 0 Å². The van der Waals surface area contributed by atoms with E-state index in [2.05, 4.69) is 12.1 Å². The molecule has 0 bridgehead atoms. The van der Waals surface area contributed by atoms with Gasteiger partial charge in [0.1, 0.15) is 0 Å². The molecule has 3 rings (SSSR count). The Balaban J connectivity index is 0.000000758. The molecule has 0 aliphatic carbocycles. The molecule has 2 aromatic carbocycles. The van der Waals surface area contributed by atoms with Crippen molar-refractivity contribution in [2.45, 2.75) is 43.0 Å². The summed E-state index contributed by atoms with van der Waals surface area (Å²) in [5.41, 5.74) is 1.27. The van der Waals surface area contributed by atoms with Crippen LogP contribution in [0.3, 0.4) is 0 Å². The number of hydrogen-bond acceptors (Lipinski definition) is 2. The van der Waals surface area contributed by atoms with Crippen LogP contribution in [0.5, 0.6) is 0 Å². The second-order valence-electron chi connectivity index (χ2n) is 6.10. The largest absolute Gasteiger partial charge is 0.243 e. The van der Waals surface area contributed by atoms with Gasteiger partial charge in [-0.15, -0.1) is 0 Å². The van der Waals surface area contributed by atoms with Gasteiger partial charge in [-0.1, -0.05) is 62.7 Å². The second-order valence-corrected chi connectivity index (χ2v) is 7.99. The Hall–Kier alpha value is -1.46. The molecule has 1 aliphatic rings. The van der Waals surface area contributed by atoms with Crippen molar-refractivity contribution in [2.24, 2.45) is 0 Å². The van der Waals surface area contributed by atoms with Crippen molar-refractivity contribution in [3.05, 3.63) is 66.2 Å². The van der Waals surface area contributed by atoms with E-state index in [4.69, 9.17) is 7.74 Å². The molecular weight excluding hydrogens is 339 g/mol. The topological polar surface area (TPSA) is 37.4 Å². The van der Waals surface area contributed by atoms with Crippen LogP contribution in [0.2, 0.25) is 0 Å². The molecule has 1 unspecified atom stereocenters. The molecular formula is C19H26B3NO2S-. The molecule has 0 aromatic heterocycles. The number of piperidine rings is 1. The van der Waals surface area contributed by atoms with Crippen LogP contribution < -0.4 is 0 Å². The highest BCUT2D eigenvalue weighted by molar-refractivity contribution is 7.89. The Labute approximate surface area is 161 Å². The second kappa shape index (κ2) is 10.6. The lowest BCUT2D eigenvalue weighted by Gasteiger charge is -2.34. The Morgan fingerprint density at radius 2 is 1.62 bits per heavy atom. The third kappa shape index (κ3) is 5.78. The predicted molar refractivity (Wildman–Crippen MR) is 114 cm³/mol. The first kappa shape index (κ1) is 20.9. The van der Waals surface area contributed by atoms with Crippen molar-refractivity contribution in [1.82, 2.24) is 4.31 Å². The summed E-state index contributed by atoms with van der Waals surface area (Å²) in [6.07, 6.45) is 4.83. The molecule has 1 atom stereocenters. The summed E-state index contributed by atoms with van der Waals surface area (Å²) < 4.78 is 27.6. The van der Waals surface area contributed by atoms with E-state index in [0.717, 1.165) is 32.1 Å². The zero-order valence-electron chi connectivity index (χ0n) is 14.4. The first-order chi connectivity index (χ1) is 12.6. The summed E-state index contributed by atoms with van der Waals surface area (Å²) in [5.74, 6) is 0. The lowest BCUT2D eigenvalue weighted by molar-refractivity contribution is 0.241. The SMILES string of the molecule is O=S(=O)(c1ccccc1)N1CCCCC1CCc1ccccc1.[B][B][BH3-]. The minimum atomic E-state index is -3.38. The molecule has 1 heterocycles. The molecule has 26 heavy (non-hydrogen) atoms. The molecule has 0 saturated carbocycles. The third-order valence-electron chi connectivity index (χ3n) is 4.53. The molecule has 135 valence electrons. The first-order valence-electron chi connectivity index (χ1n) is 8.62.